The van der Waals surface area contributed by atoms with Gasteiger partial charge in [-0.15, -0.1) is 0 Å². The van der Waals surface area contributed by atoms with Crippen molar-refractivity contribution >= 4 is 22.0 Å². The molecule has 0 unspecified atom stereocenters. The summed E-state index contributed by atoms with van der Waals surface area (Å²) in [6, 6.07) is 17.8. The zero-order chi connectivity index (χ0) is 16.8. The molecule has 120 valence electrons. The van der Waals surface area contributed by atoms with Crippen LogP contribution in [0.15, 0.2) is 71.4 Å². The van der Waals surface area contributed by atoms with Gasteiger partial charge in [0.2, 0.25) is 11.8 Å². The molecule has 25 heavy (non-hydrogen) atoms. The summed E-state index contributed by atoms with van der Waals surface area (Å²) in [4.78, 5) is 13.6. The summed E-state index contributed by atoms with van der Waals surface area (Å²) in [6.07, 6.45) is 3.48. The number of fused-ring (bicyclic) bond motifs is 2. The lowest BCUT2D eigenvalue weighted by molar-refractivity contribution is 0.613. The molecule has 0 aliphatic rings. The predicted molar refractivity (Wildman–Crippen MR) is 96.6 cm³/mol. The minimum atomic E-state index is 0.572. The van der Waals surface area contributed by atoms with E-state index in [2.05, 4.69) is 34.0 Å². The standard InChI is InChI=1S/C20H14N4O/c1-13-14-7-2-4-9-16(14)24(20-21-11-6-12-22-20)18(13)19-23-15-8-3-5-10-17(15)25-19/h2-12H,1H3. The van der Waals surface area contributed by atoms with Crippen molar-refractivity contribution in [2.45, 2.75) is 6.92 Å². The SMILES string of the molecule is Cc1c(-c2nc3ccccc3o2)n(-c2ncccn2)c2ccccc12. The maximum Gasteiger partial charge on any atom is 0.244 e. The lowest BCUT2D eigenvalue weighted by atomic mass is 10.1. The van der Waals surface area contributed by atoms with Crippen molar-refractivity contribution in [1.29, 1.82) is 0 Å². The zero-order valence-corrected chi connectivity index (χ0v) is 13.5. The number of hydrogen-bond donors (Lipinski definition) is 0. The molecule has 0 N–H and O–H groups in total. The van der Waals surface area contributed by atoms with Crippen LogP contribution in [0.4, 0.5) is 0 Å². The van der Waals surface area contributed by atoms with E-state index in [1.807, 2.05) is 41.0 Å². The van der Waals surface area contributed by atoms with E-state index in [9.17, 15) is 0 Å². The van der Waals surface area contributed by atoms with Gasteiger partial charge in [-0.05, 0) is 36.8 Å². The topological polar surface area (TPSA) is 56.7 Å². The van der Waals surface area contributed by atoms with Gasteiger partial charge in [0.1, 0.15) is 11.2 Å². The van der Waals surface area contributed by atoms with Crippen LogP contribution in [-0.4, -0.2) is 19.5 Å². The van der Waals surface area contributed by atoms with E-state index in [1.165, 1.54) is 0 Å². The molecule has 0 atom stereocenters. The zero-order valence-electron chi connectivity index (χ0n) is 13.5. The van der Waals surface area contributed by atoms with Crippen molar-refractivity contribution in [3.8, 4) is 17.5 Å². The third kappa shape index (κ3) is 2.06. The van der Waals surface area contributed by atoms with Gasteiger partial charge in [-0.25, -0.2) is 15.0 Å². The Hall–Kier alpha value is -3.47. The minimum absolute atomic E-state index is 0.572. The smallest absolute Gasteiger partial charge is 0.244 e. The number of benzene rings is 2. The molecule has 0 amide bonds. The summed E-state index contributed by atoms with van der Waals surface area (Å²) in [5.41, 5.74) is 4.60. The Morgan fingerprint density at radius 1 is 0.880 bits per heavy atom. The van der Waals surface area contributed by atoms with Crippen LogP contribution in [0.5, 0.6) is 0 Å². The average Bonchev–Trinajstić information content (AvgIpc) is 3.21. The third-order valence-electron chi connectivity index (χ3n) is 4.38. The first-order valence-electron chi connectivity index (χ1n) is 8.06. The van der Waals surface area contributed by atoms with Crippen LogP contribution in [-0.2, 0) is 0 Å². The lowest BCUT2D eigenvalue weighted by Crippen LogP contribution is -2.02. The van der Waals surface area contributed by atoms with E-state index >= 15 is 0 Å². The normalized spacial score (nSPS) is 11.4. The Labute approximate surface area is 143 Å². The summed E-state index contributed by atoms with van der Waals surface area (Å²) in [5.74, 6) is 1.17. The molecule has 0 saturated heterocycles. The molecule has 5 heteroatoms. The van der Waals surface area contributed by atoms with E-state index in [-0.39, 0.29) is 0 Å². The van der Waals surface area contributed by atoms with Gasteiger partial charge in [0.25, 0.3) is 0 Å². The monoisotopic (exact) mass is 326 g/mol. The summed E-state index contributed by atoms with van der Waals surface area (Å²) in [6.45, 7) is 2.08. The Morgan fingerprint density at radius 2 is 1.64 bits per heavy atom. The largest absolute Gasteiger partial charge is 0.435 e. The van der Waals surface area contributed by atoms with Gasteiger partial charge in [0, 0.05) is 17.8 Å². The molecule has 0 aliphatic heterocycles. The molecule has 3 aromatic heterocycles. The number of para-hydroxylation sites is 3. The number of oxazole rings is 1. The Bertz CT molecular complexity index is 1170. The van der Waals surface area contributed by atoms with Crippen molar-refractivity contribution in [3.63, 3.8) is 0 Å². The molecule has 0 bridgehead atoms. The second-order valence-corrected chi connectivity index (χ2v) is 5.86. The van der Waals surface area contributed by atoms with Gasteiger partial charge in [0.15, 0.2) is 5.58 Å². The Balaban J connectivity index is 1.90. The van der Waals surface area contributed by atoms with Gasteiger partial charge in [0.05, 0.1) is 5.52 Å². The number of aromatic nitrogens is 4. The molecule has 3 heterocycles. The van der Waals surface area contributed by atoms with E-state index in [1.54, 1.807) is 18.5 Å². The van der Waals surface area contributed by atoms with Gasteiger partial charge in [-0.3, -0.25) is 4.57 Å². The highest BCUT2D eigenvalue weighted by Crippen LogP contribution is 2.35. The van der Waals surface area contributed by atoms with E-state index in [0.29, 0.717) is 11.8 Å². The van der Waals surface area contributed by atoms with E-state index in [0.717, 1.165) is 33.3 Å². The molecule has 5 aromatic rings. The number of nitrogens with zero attached hydrogens (tertiary/aromatic N) is 4. The van der Waals surface area contributed by atoms with Crippen molar-refractivity contribution in [2.24, 2.45) is 0 Å². The molecular weight excluding hydrogens is 312 g/mol. The molecule has 5 rings (SSSR count). The second kappa shape index (κ2) is 5.27. The molecule has 2 aromatic carbocycles. The number of hydrogen-bond acceptors (Lipinski definition) is 4. The van der Waals surface area contributed by atoms with E-state index < -0.39 is 0 Å². The molecule has 0 saturated carbocycles. The quantitative estimate of drug-likeness (QED) is 0.478. The molecule has 0 fully saturated rings. The highest BCUT2D eigenvalue weighted by molar-refractivity contribution is 5.92. The summed E-state index contributed by atoms with van der Waals surface area (Å²) in [7, 11) is 0. The highest BCUT2D eigenvalue weighted by Gasteiger charge is 2.22. The first-order valence-corrected chi connectivity index (χ1v) is 8.06. The molecule has 5 nitrogen and oxygen atoms in total. The first kappa shape index (κ1) is 13.9. The van der Waals surface area contributed by atoms with Crippen LogP contribution in [0.1, 0.15) is 5.56 Å². The Morgan fingerprint density at radius 3 is 2.48 bits per heavy atom. The fourth-order valence-electron chi connectivity index (χ4n) is 3.25. The first-order chi connectivity index (χ1) is 12.3. The van der Waals surface area contributed by atoms with Crippen LogP contribution in [0.25, 0.3) is 39.5 Å². The average molecular weight is 326 g/mol. The number of aryl methyl sites for hydroxylation is 1. The maximum atomic E-state index is 6.04. The fraction of sp³-hybridized carbons (Fsp3) is 0.0500. The van der Waals surface area contributed by atoms with Crippen molar-refractivity contribution < 1.29 is 4.42 Å². The van der Waals surface area contributed by atoms with Crippen LogP contribution < -0.4 is 0 Å². The lowest BCUT2D eigenvalue weighted by Gasteiger charge is -2.06. The molecular formula is C20H14N4O. The van der Waals surface area contributed by atoms with Gasteiger partial charge in [-0.2, -0.15) is 0 Å². The highest BCUT2D eigenvalue weighted by atomic mass is 16.3. The van der Waals surface area contributed by atoms with Crippen LogP contribution in [0.3, 0.4) is 0 Å². The van der Waals surface area contributed by atoms with Crippen LogP contribution in [0.2, 0.25) is 0 Å². The van der Waals surface area contributed by atoms with Gasteiger partial charge in [-0.1, -0.05) is 30.3 Å². The van der Waals surface area contributed by atoms with Crippen molar-refractivity contribution in [1.82, 2.24) is 19.5 Å². The Kier molecular flexibility index (Phi) is 2.94. The fourth-order valence-corrected chi connectivity index (χ4v) is 3.25. The number of rotatable bonds is 2. The molecule has 0 aliphatic carbocycles. The summed E-state index contributed by atoms with van der Waals surface area (Å²) >= 11 is 0. The van der Waals surface area contributed by atoms with Crippen molar-refractivity contribution in [2.75, 3.05) is 0 Å². The summed E-state index contributed by atoms with van der Waals surface area (Å²) in [5, 5.41) is 1.13. The predicted octanol–water partition coefficient (Wildman–Crippen LogP) is 4.54. The molecule has 0 spiro atoms. The minimum Gasteiger partial charge on any atom is -0.435 e. The third-order valence-corrected chi connectivity index (χ3v) is 4.38. The van der Waals surface area contributed by atoms with Gasteiger partial charge < -0.3 is 4.42 Å². The van der Waals surface area contributed by atoms with Crippen LogP contribution >= 0.6 is 0 Å². The second-order valence-electron chi connectivity index (χ2n) is 5.86. The summed E-state index contributed by atoms with van der Waals surface area (Å²) < 4.78 is 8.05. The molecule has 0 radical (unpaired) electrons. The maximum absolute atomic E-state index is 6.04. The van der Waals surface area contributed by atoms with Crippen LogP contribution in [0, 0.1) is 6.92 Å². The van der Waals surface area contributed by atoms with Crippen molar-refractivity contribution in [3.05, 3.63) is 72.6 Å². The van der Waals surface area contributed by atoms with Gasteiger partial charge >= 0.3 is 0 Å². The van der Waals surface area contributed by atoms with E-state index in [4.69, 9.17) is 4.42 Å².